The van der Waals surface area contributed by atoms with Gasteiger partial charge in [-0.2, -0.15) is 0 Å². The first kappa shape index (κ1) is 50.0. The van der Waals surface area contributed by atoms with E-state index < -0.39 is 0 Å². The zero-order chi connectivity index (χ0) is 57.4. The standard InChI is InChI=1S/C42H27N3.C42H28/c1-7-19-37-31(13-1)32-14-2-8-20-38(32)43(37)28-25-29(44-39-21-9-3-15-33(39)34-16-4-10-22-40(34)44)27-30(26-28)45-41-23-11-5-17-35(41)36-18-6-12-24-42(36)45;1-5-17-29(18-6-1)37-33-25-13-14-26-34(33)39(31-21-9-3-10-22-31)42-40(32-23-11-4-12-24-32)36-28-16-15-27-35(36)38(41(37)42)30-19-7-2-8-20-30/h1-27H;1-28H. The predicted octanol–water partition coefficient (Wildman–Crippen LogP) is 22.8. The van der Waals surface area contributed by atoms with Crippen molar-refractivity contribution in [1.29, 1.82) is 0 Å². The molecule has 15 aromatic carbocycles. The zero-order valence-electron chi connectivity index (χ0n) is 47.6. The Balaban J connectivity index is 0.000000136. The van der Waals surface area contributed by atoms with Crippen LogP contribution >= 0.6 is 0 Å². The lowest BCUT2D eigenvalue weighted by Crippen LogP contribution is -2.03. The molecule has 3 aromatic heterocycles. The van der Waals surface area contributed by atoms with E-state index in [1.807, 2.05) is 0 Å². The molecule has 0 saturated heterocycles. The first-order valence-electron chi connectivity index (χ1n) is 30.0. The smallest absolute Gasteiger partial charge is 0.0541 e. The van der Waals surface area contributed by atoms with Crippen LogP contribution in [0.4, 0.5) is 0 Å². The van der Waals surface area contributed by atoms with E-state index in [0.717, 1.165) is 17.1 Å². The highest BCUT2D eigenvalue weighted by Gasteiger charge is 2.26. The normalized spacial score (nSPS) is 11.7. The Kier molecular flexibility index (Phi) is 11.9. The van der Waals surface area contributed by atoms with Crippen LogP contribution in [0.5, 0.6) is 0 Å². The molecule has 18 rings (SSSR count). The fourth-order valence-electron chi connectivity index (χ4n) is 14.3. The van der Waals surface area contributed by atoms with E-state index in [9.17, 15) is 0 Å². The molecular formula is C84H55N3. The monoisotopic (exact) mass is 1110 g/mol. The van der Waals surface area contributed by atoms with Crippen LogP contribution < -0.4 is 0 Å². The van der Waals surface area contributed by atoms with Gasteiger partial charge in [0, 0.05) is 32.3 Å². The highest BCUT2D eigenvalue weighted by atomic mass is 15.0. The van der Waals surface area contributed by atoms with Gasteiger partial charge in [0.2, 0.25) is 0 Å². The molecule has 18 aromatic rings. The maximum absolute atomic E-state index is 2.43. The summed E-state index contributed by atoms with van der Waals surface area (Å²) < 4.78 is 7.29. The molecule has 0 saturated carbocycles. The van der Waals surface area contributed by atoms with Crippen molar-refractivity contribution in [2.75, 3.05) is 0 Å². The molecule has 0 aliphatic carbocycles. The molecule has 406 valence electrons. The SMILES string of the molecule is c1ccc(-c2c3ccccc3c(-c3ccccc3)c3c(-c4ccccc4)c4ccccc4c(-c4ccccc4)c23)cc1.c1ccc2c(c1)c1ccccc1n2-c1cc(-n2c3ccccc3c3ccccc32)cc(-n2c3ccccc3c3ccccc32)c1. The first-order valence-corrected chi connectivity index (χ1v) is 30.0. The second-order valence-corrected chi connectivity index (χ2v) is 22.6. The van der Waals surface area contributed by atoms with Gasteiger partial charge in [-0.25, -0.2) is 0 Å². The van der Waals surface area contributed by atoms with Gasteiger partial charge >= 0.3 is 0 Å². The van der Waals surface area contributed by atoms with E-state index >= 15 is 0 Å². The summed E-state index contributed by atoms with van der Waals surface area (Å²) in [7, 11) is 0. The van der Waals surface area contributed by atoms with E-state index in [0.29, 0.717) is 0 Å². The van der Waals surface area contributed by atoms with Gasteiger partial charge in [-0.3, -0.25) is 0 Å². The second kappa shape index (κ2) is 20.7. The number of para-hydroxylation sites is 6. The number of fused-ring (bicyclic) bond motifs is 12. The van der Waals surface area contributed by atoms with Crippen molar-refractivity contribution >= 4 is 97.7 Å². The fourth-order valence-corrected chi connectivity index (χ4v) is 14.3. The molecule has 0 amide bonds. The van der Waals surface area contributed by atoms with Gasteiger partial charge < -0.3 is 13.7 Å². The van der Waals surface area contributed by atoms with E-state index in [1.54, 1.807) is 0 Å². The number of aromatic nitrogens is 3. The molecular weight excluding hydrogens is 1050 g/mol. The number of rotatable bonds is 7. The summed E-state index contributed by atoms with van der Waals surface area (Å²) >= 11 is 0. The summed E-state index contributed by atoms with van der Waals surface area (Å²) in [5.41, 5.74) is 20.6. The van der Waals surface area contributed by atoms with E-state index in [4.69, 9.17) is 0 Å². The molecule has 0 spiro atoms. The third-order valence-electron chi connectivity index (χ3n) is 17.8. The molecule has 0 fully saturated rings. The van der Waals surface area contributed by atoms with Crippen LogP contribution in [0.2, 0.25) is 0 Å². The average Bonchev–Trinajstić information content (AvgIpc) is 1.98. The molecule has 0 atom stereocenters. The number of nitrogens with zero attached hydrogens (tertiary/aromatic N) is 3. The quantitative estimate of drug-likeness (QED) is 0.141. The summed E-state index contributed by atoms with van der Waals surface area (Å²) in [6, 6.07) is 121. The molecule has 3 nitrogen and oxygen atoms in total. The Morgan fingerprint density at radius 2 is 0.310 bits per heavy atom. The molecule has 0 aliphatic heterocycles. The van der Waals surface area contributed by atoms with E-state index in [1.165, 1.54) is 142 Å². The van der Waals surface area contributed by atoms with E-state index in [2.05, 4.69) is 347 Å². The number of benzene rings is 15. The van der Waals surface area contributed by atoms with Gasteiger partial charge in [0.25, 0.3) is 0 Å². The zero-order valence-corrected chi connectivity index (χ0v) is 47.6. The first-order chi connectivity index (χ1) is 43.2. The van der Waals surface area contributed by atoms with E-state index in [-0.39, 0.29) is 0 Å². The van der Waals surface area contributed by atoms with Gasteiger partial charge in [-0.05, 0) is 131 Å². The Labute approximate surface area is 503 Å². The Bertz CT molecular complexity index is 4880. The van der Waals surface area contributed by atoms with Gasteiger partial charge in [-0.1, -0.05) is 279 Å². The minimum atomic E-state index is 1.13. The summed E-state index contributed by atoms with van der Waals surface area (Å²) in [5.74, 6) is 0. The molecule has 0 radical (unpaired) electrons. The van der Waals surface area contributed by atoms with Gasteiger partial charge in [0.1, 0.15) is 0 Å². The highest BCUT2D eigenvalue weighted by Crippen LogP contribution is 2.54. The lowest BCUT2D eigenvalue weighted by molar-refractivity contribution is 1.10. The maximum Gasteiger partial charge on any atom is 0.0541 e. The van der Waals surface area contributed by atoms with Crippen molar-refractivity contribution in [2.45, 2.75) is 0 Å². The lowest BCUT2D eigenvalue weighted by Gasteiger charge is -2.25. The lowest BCUT2D eigenvalue weighted by atomic mass is 9.77. The topological polar surface area (TPSA) is 14.8 Å². The van der Waals surface area contributed by atoms with Crippen molar-refractivity contribution in [2.24, 2.45) is 0 Å². The minimum absolute atomic E-state index is 1.13. The maximum atomic E-state index is 2.43. The highest BCUT2D eigenvalue weighted by molar-refractivity contribution is 6.34. The van der Waals surface area contributed by atoms with Crippen LogP contribution in [-0.2, 0) is 0 Å². The molecule has 0 bridgehead atoms. The van der Waals surface area contributed by atoms with Crippen LogP contribution in [-0.4, -0.2) is 13.7 Å². The predicted molar refractivity (Wildman–Crippen MR) is 370 cm³/mol. The van der Waals surface area contributed by atoms with Crippen LogP contribution in [0, 0.1) is 0 Å². The van der Waals surface area contributed by atoms with Crippen molar-refractivity contribution in [1.82, 2.24) is 13.7 Å². The van der Waals surface area contributed by atoms with Gasteiger partial charge in [0.05, 0.1) is 50.2 Å². The summed E-state index contributed by atoms with van der Waals surface area (Å²) in [5, 5.41) is 15.2. The fraction of sp³-hybridized carbons (Fsp3) is 0. The summed E-state index contributed by atoms with van der Waals surface area (Å²) in [6.45, 7) is 0. The van der Waals surface area contributed by atoms with Gasteiger partial charge in [0.15, 0.2) is 0 Å². The van der Waals surface area contributed by atoms with Gasteiger partial charge in [-0.15, -0.1) is 0 Å². The van der Waals surface area contributed by atoms with Crippen LogP contribution in [0.3, 0.4) is 0 Å². The second-order valence-electron chi connectivity index (χ2n) is 22.6. The van der Waals surface area contributed by atoms with Crippen LogP contribution in [0.1, 0.15) is 0 Å². The van der Waals surface area contributed by atoms with Crippen molar-refractivity contribution in [3.63, 3.8) is 0 Å². The minimum Gasteiger partial charge on any atom is -0.309 e. The molecule has 0 N–H and O–H groups in total. The van der Waals surface area contributed by atoms with Crippen molar-refractivity contribution in [3.05, 3.63) is 334 Å². The Morgan fingerprint density at radius 1 is 0.149 bits per heavy atom. The third kappa shape index (κ3) is 8.05. The summed E-state index contributed by atoms with van der Waals surface area (Å²) in [4.78, 5) is 0. The Morgan fingerprint density at radius 3 is 0.506 bits per heavy atom. The molecule has 0 unspecified atom stereocenters. The van der Waals surface area contributed by atoms with Crippen LogP contribution in [0.25, 0.3) is 159 Å². The molecule has 3 heteroatoms. The molecule has 0 aliphatic rings. The Hall–Kier alpha value is -11.5. The molecule has 3 heterocycles. The van der Waals surface area contributed by atoms with Crippen LogP contribution in [0.15, 0.2) is 334 Å². The summed E-state index contributed by atoms with van der Waals surface area (Å²) in [6.07, 6.45) is 0. The largest absolute Gasteiger partial charge is 0.309 e. The van der Waals surface area contributed by atoms with Crippen molar-refractivity contribution in [3.8, 4) is 61.6 Å². The number of hydrogen-bond donors (Lipinski definition) is 0. The number of hydrogen-bond acceptors (Lipinski definition) is 0. The molecule has 87 heavy (non-hydrogen) atoms. The average molecular weight is 1110 g/mol. The van der Waals surface area contributed by atoms with Crippen molar-refractivity contribution < 1.29 is 0 Å². The third-order valence-corrected chi connectivity index (χ3v) is 17.8.